The van der Waals surface area contributed by atoms with Gasteiger partial charge < -0.3 is 15.1 Å². The molecule has 0 aromatic heterocycles. The Kier molecular flexibility index (Phi) is 5.83. The summed E-state index contributed by atoms with van der Waals surface area (Å²) in [5.74, 6) is 0. The van der Waals surface area contributed by atoms with Gasteiger partial charge in [0.25, 0.3) is 0 Å². The van der Waals surface area contributed by atoms with E-state index in [0.29, 0.717) is 6.04 Å². The fourth-order valence-corrected chi connectivity index (χ4v) is 2.84. The Hall–Kier alpha value is -0.900. The number of piperazine rings is 1. The van der Waals surface area contributed by atoms with E-state index < -0.39 is 0 Å². The standard InChI is InChI=1S/C16H27N3/c1-18(2)16(15-7-4-3-5-8-15)9-6-12-19-13-10-17-11-14-19/h3-5,7-8,16-17H,6,9-14H2,1-2H3. The fourth-order valence-electron chi connectivity index (χ4n) is 2.84. The highest BCUT2D eigenvalue weighted by Gasteiger charge is 2.15. The summed E-state index contributed by atoms with van der Waals surface area (Å²) in [6.07, 6.45) is 2.51. The molecule has 1 aliphatic heterocycles. The van der Waals surface area contributed by atoms with E-state index in [1.807, 2.05) is 0 Å². The van der Waals surface area contributed by atoms with Crippen molar-refractivity contribution in [3.63, 3.8) is 0 Å². The highest BCUT2D eigenvalue weighted by atomic mass is 15.2. The molecule has 1 aromatic carbocycles. The van der Waals surface area contributed by atoms with Crippen LogP contribution < -0.4 is 5.32 Å². The van der Waals surface area contributed by atoms with Crippen molar-refractivity contribution in [3.05, 3.63) is 35.9 Å². The van der Waals surface area contributed by atoms with Gasteiger partial charge in [0.15, 0.2) is 0 Å². The van der Waals surface area contributed by atoms with Crippen molar-refractivity contribution >= 4 is 0 Å². The highest BCUT2D eigenvalue weighted by molar-refractivity contribution is 5.18. The number of benzene rings is 1. The number of hydrogen-bond donors (Lipinski definition) is 1. The monoisotopic (exact) mass is 261 g/mol. The largest absolute Gasteiger partial charge is 0.314 e. The SMILES string of the molecule is CN(C)C(CCCN1CCNCC1)c1ccccc1. The van der Waals surface area contributed by atoms with Crippen LogP contribution in [0.15, 0.2) is 30.3 Å². The van der Waals surface area contributed by atoms with E-state index >= 15 is 0 Å². The van der Waals surface area contributed by atoms with Gasteiger partial charge in [-0.25, -0.2) is 0 Å². The molecule has 3 heteroatoms. The molecule has 1 fully saturated rings. The first-order valence-corrected chi connectivity index (χ1v) is 7.42. The van der Waals surface area contributed by atoms with Crippen LogP contribution in [0.1, 0.15) is 24.4 Å². The lowest BCUT2D eigenvalue weighted by atomic mass is 10.0. The average Bonchev–Trinajstić information content (AvgIpc) is 2.45. The van der Waals surface area contributed by atoms with Crippen molar-refractivity contribution < 1.29 is 0 Å². The average molecular weight is 261 g/mol. The smallest absolute Gasteiger partial charge is 0.0342 e. The zero-order valence-corrected chi connectivity index (χ0v) is 12.3. The zero-order valence-electron chi connectivity index (χ0n) is 12.3. The Labute approximate surface area is 117 Å². The Balaban J connectivity index is 1.80. The molecule has 0 saturated carbocycles. The molecule has 2 rings (SSSR count). The molecule has 0 spiro atoms. The zero-order chi connectivity index (χ0) is 13.5. The quantitative estimate of drug-likeness (QED) is 0.845. The molecule has 1 saturated heterocycles. The number of hydrogen-bond acceptors (Lipinski definition) is 3. The summed E-state index contributed by atoms with van der Waals surface area (Å²) >= 11 is 0. The molecule has 0 bridgehead atoms. The Morgan fingerprint density at radius 3 is 2.47 bits per heavy atom. The Bertz CT molecular complexity index is 344. The predicted octanol–water partition coefficient (Wildman–Crippen LogP) is 1.97. The molecule has 19 heavy (non-hydrogen) atoms. The van der Waals surface area contributed by atoms with Crippen molar-refractivity contribution in [3.8, 4) is 0 Å². The van der Waals surface area contributed by atoms with E-state index in [1.54, 1.807) is 0 Å². The van der Waals surface area contributed by atoms with Crippen LogP contribution in [0.2, 0.25) is 0 Å². The molecule has 106 valence electrons. The van der Waals surface area contributed by atoms with Gasteiger partial charge in [0.05, 0.1) is 0 Å². The van der Waals surface area contributed by atoms with Crippen LogP contribution in [0.5, 0.6) is 0 Å². The molecule has 1 atom stereocenters. The minimum Gasteiger partial charge on any atom is -0.314 e. The van der Waals surface area contributed by atoms with Crippen LogP contribution in [-0.2, 0) is 0 Å². The summed E-state index contributed by atoms with van der Waals surface area (Å²) in [6.45, 7) is 5.94. The van der Waals surface area contributed by atoms with Gasteiger partial charge in [-0.2, -0.15) is 0 Å². The normalized spacial score (nSPS) is 18.7. The van der Waals surface area contributed by atoms with Gasteiger partial charge in [0, 0.05) is 32.2 Å². The lowest BCUT2D eigenvalue weighted by molar-refractivity contribution is 0.217. The number of nitrogens with one attached hydrogen (secondary N) is 1. The molecule has 1 aromatic rings. The molecule has 0 aliphatic carbocycles. The Morgan fingerprint density at radius 2 is 1.84 bits per heavy atom. The minimum absolute atomic E-state index is 0.545. The topological polar surface area (TPSA) is 18.5 Å². The van der Waals surface area contributed by atoms with Gasteiger partial charge in [-0.3, -0.25) is 0 Å². The van der Waals surface area contributed by atoms with Gasteiger partial charge >= 0.3 is 0 Å². The van der Waals surface area contributed by atoms with E-state index in [4.69, 9.17) is 0 Å². The van der Waals surface area contributed by atoms with Crippen LogP contribution in [0.25, 0.3) is 0 Å². The maximum Gasteiger partial charge on any atom is 0.0342 e. The molecular weight excluding hydrogens is 234 g/mol. The van der Waals surface area contributed by atoms with Gasteiger partial charge in [-0.05, 0) is 39.0 Å². The van der Waals surface area contributed by atoms with Crippen molar-refractivity contribution in [2.24, 2.45) is 0 Å². The lowest BCUT2D eigenvalue weighted by Crippen LogP contribution is -2.43. The summed E-state index contributed by atoms with van der Waals surface area (Å²) in [5.41, 5.74) is 1.44. The third-order valence-electron chi connectivity index (χ3n) is 3.97. The summed E-state index contributed by atoms with van der Waals surface area (Å²) in [6, 6.07) is 11.4. The first-order valence-electron chi connectivity index (χ1n) is 7.42. The fraction of sp³-hybridized carbons (Fsp3) is 0.625. The van der Waals surface area contributed by atoms with E-state index in [2.05, 4.69) is 59.5 Å². The van der Waals surface area contributed by atoms with Crippen molar-refractivity contribution in [2.45, 2.75) is 18.9 Å². The second-order valence-electron chi connectivity index (χ2n) is 5.62. The Morgan fingerprint density at radius 1 is 1.16 bits per heavy atom. The highest BCUT2D eigenvalue weighted by Crippen LogP contribution is 2.23. The van der Waals surface area contributed by atoms with Gasteiger partial charge in [-0.1, -0.05) is 30.3 Å². The van der Waals surface area contributed by atoms with Crippen molar-refractivity contribution in [1.29, 1.82) is 0 Å². The summed E-state index contributed by atoms with van der Waals surface area (Å²) in [5, 5.41) is 3.41. The second-order valence-corrected chi connectivity index (χ2v) is 5.62. The lowest BCUT2D eigenvalue weighted by Gasteiger charge is -2.29. The molecule has 3 nitrogen and oxygen atoms in total. The first-order chi connectivity index (χ1) is 9.27. The molecular formula is C16H27N3. The maximum atomic E-state index is 3.41. The third-order valence-corrected chi connectivity index (χ3v) is 3.97. The molecule has 1 N–H and O–H groups in total. The third kappa shape index (κ3) is 4.60. The van der Waals surface area contributed by atoms with Crippen molar-refractivity contribution in [2.75, 3.05) is 46.8 Å². The van der Waals surface area contributed by atoms with E-state index in [-0.39, 0.29) is 0 Å². The summed E-state index contributed by atoms with van der Waals surface area (Å²) < 4.78 is 0. The van der Waals surface area contributed by atoms with Crippen LogP contribution in [0.3, 0.4) is 0 Å². The van der Waals surface area contributed by atoms with Crippen molar-refractivity contribution in [1.82, 2.24) is 15.1 Å². The molecule has 1 aliphatic rings. The molecule has 1 heterocycles. The van der Waals surface area contributed by atoms with Crippen LogP contribution in [-0.4, -0.2) is 56.6 Å². The van der Waals surface area contributed by atoms with Crippen LogP contribution >= 0.6 is 0 Å². The summed E-state index contributed by atoms with van der Waals surface area (Å²) in [7, 11) is 4.37. The van der Waals surface area contributed by atoms with Crippen LogP contribution in [0, 0.1) is 0 Å². The minimum atomic E-state index is 0.545. The molecule has 1 unspecified atom stereocenters. The van der Waals surface area contributed by atoms with E-state index in [9.17, 15) is 0 Å². The number of nitrogens with zero attached hydrogens (tertiary/aromatic N) is 2. The summed E-state index contributed by atoms with van der Waals surface area (Å²) in [4.78, 5) is 4.92. The maximum absolute atomic E-state index is 3.41. The first kappa shape index (κ1) is 14.5. The van der Waals surface area contributed by atoms with E-state index in [1.165, 1.54) is 38.0 Å². The predicted molar refractivity (Wildman–Crippen MR) is 81.4 cm³/mol. The molecule has 0 radical (unpaired) electrons. The number of rotatable bonds is 6. The van der Waals surface area contributed by atoms with Gasteiger partial charge in [0.2, 0.25) is 0 Å². The van der Waals surface area contributed by atoms with E-state index in [0.717, 1.165) is 13.1 Å². The molecule has 0 amide bonds. The van der Waals surface area contributed by atoms with Gasteiger partial charge in [0.1, 0.15) is 0 Å². The second kappa shape index (κ2) is 7.63. The van der Waals surface area contributed by atoms with Gasteiger partial charge in [-0.15, -0.1) is 0 Å². The van der Waals surface area contributed by atoms with Crippen LogP contribution in [0.4, 0.5) is 0 Å².